The Hall–Kier alpha value is -0.710. The number of likely N-dealkylation sites (tertiary alicyclic amines) is 1. The van der Waals surface area contributed by atoms with Gasteiger partial charge in [-0.2, -0.15) is 0 Å². The zero-order valence-corrected chi connectivity index (χ0v) is 12.2. The summed E-state index contributed by atoms with van der Waals surface area (Å²) in [6.07, 6.45) is 1.60. The summed E-state index contributed by atoms with van der Waals surface area (Å²) in [5.41, 5.74) is 7.47. The Balaban J connectivity index is 2.17. The molecule has 98 valence electrons. The third-order valence-corrected chi connectivity index (χ3v) is 4.21. The van der Waals surface area contributed by atoms with Crippen LogP contribution in [0.5, 0.6) is 0 Å². The molecule has 0 saturated carbocycles. The lowest BCUT2D eigenvalue weighted by molar-refractivity contribution is 0.0985. The molecule has 0 aliphatic carbocycles. The highest BCUT2D eigenvalue weighted by Crippen LogP contribution is 2.32. The maximum Gasteiger partial charge on any atom is 0.164 e. The first kappa shape index (κ1) is 13.7. The van der Waals surface area contributed by atoms with Crippen molar-refractivity contribution in [3.05, 3.63) is 33.8 Å². The van der Waals surface area contributed by atoms with E-state index < -0.39 is 0 Å². The zero-order valence-electron chi connectivity index (χ0n) is 10.7. The minimum atomic E-state index is 0.119. The van der Waals surface area contributed by atoms with E-state index in [0.29, 0.717) is 18.9 Å². The third-order valence-electron chi connectivity index (χ3n) is 3.52. The van der Waals surface area contributed by atoms with E-state index in [1.807, 2.05) is 12.1 Å². The highest BCUT2D eigenvalue weighted by Gasteiger charge is 2.23. The van der Waals surface area contributed by atoms with Crippen molar-refractivity contribution >= 4 is 21.7 Å². The second-order valence-electron chi connectivity index (χ2n) is 4.95. The topological polar surface area (TPSA) is 46.3 Å². The van der Waals surface area contributed by atoms with E-state index in [1.54, 1.807) is 0 Å². The molecule has 3 nitrogen and oxygen atoms in total. The van der Waals surface area contributed by atoms with Crippen molar-refractivity contribution in [1.29, 1.82) is 0 Å². The highest BCUT2D eigenvalue weighted by molar-refractivity contribution is 9.10. The average molecular weight is 311 g/mol. The van der Waals surface area contributed by atoms with Gasteiger partial charge in [-0.25, -0.2) is 0 Å². The lowest BCUT2D eigenvalue weighted by Gasteiger charge is -2.13. The third kappa shape index (κ3) is 2.99. The van der Waals surface area contributed by atoms with Gasteiger partial charge >= 0.3 is 0 Å². The molecule has 1 unspecified atom stereocenters. The summed E-state index contributed by atoms with van der Waals surface area (Å²) < 4.78 is 1.05. The summed E-state index contributed by atoms with van der Waals surface area (Å²) >= 11 is 3.59. The molecule has 1 aromatic rings. The number of ketones is 1. The molecule has 1 aliphatic rings. The van der Waals surface area contributed by atoms with Crippen LogP contribution in [0, 0.1) is 0 Å². The summed E-state index contributed by atoms with van der Waals surface area (Å²) in [6, 6.07) is 5.94. The number of likely N-dealkylation sites (N-methyl/N-ethyl adjacent to an activating group) is 1. The maximum absolute atomic E-state index is 11.8. The summed E-state index contributed by atoms with van der Waals surface area (Å²) in [5.74, 6) is 0.691. The van der Waals surface area contributed by atoms with Gasteiger partial charge in [0.1, 0.15) is 0 Å². The normalized spacial score (nSPS) is 20.3. The number of rotatable bonds is 4. The average Bonchev–Trinajstić information content (AvgIpc) is 2.76. The van der Waals surface area contributed by atoms with Crippen LogP contribution in [-0.4, -0.2) is 37.4 Å². The number of nitrogens with two attached hydrogens (primary N) is 1. The van der Waals surface area contributed by atoms with Crippen LogP contribution in [0.15, 0.2) is 22.7 Å². The van der Waals surface area contributed by atoms with Crippen molar-refractivity contribution in [3.8, 4) is 0 Å². The van der Waals surface area contributed by atoms with Crippen molar-refractivity contribution in [2.45, 2.75) is 18.8 Å². The molecule has 18 heavy (non-hydrogen) atoms. The van der Waals surface area contributed by atoms with Crippen LogP contribution in [0.1, 0.15) is 34.7 Å². The predicted molar refractivity (Wildman–Crippen MR) is 77.0 cm³/mol. The SMILES string of the molecule is CN1CCC(c2ccc(C(=O)CCN)cc2Br)C1. The minimum Gasteiger partial charge on any atom is -0.330 e. The van der Waals surface area contributed by atoms with Crippen LogP contribution in [0.3, 0.4) is 0 Å². The number of nitrogens with zero attached hydrogens (tertiary/aromatic N) is 1. The number of carbonyl (C=O) groups is 1. The maximum atomic E-state index is 11.8. The fourth-order valence-corrected chi connectivity index (χ4v) is 3.20. The van der Waals surface area contributed by atoms with E-state index in [2.05, 4.69) is 33.9 Å². The van der Waals surface area contributed by atoms with Crippen LogP contribution in [0.2, 0.25) is 0 Å². The van der Waals surface area contributed by atoms with E-state index in [0.717, 1.165) is 23.1 Å². The van der Waals surface area contributed by atoms with Crippen molar-refractivity contribution in [2.24, 2.45) is 5.73 Å². The van der Waals surface area contributed by atoms with Gasteiger partial charge in [0, 0.05) is 23.0 Å². The first-order valence-electron chi connectivity index (χ1n) is 6.33. The molecule has 1 fully saturated rings. The highest BCUT2D eigenvalue weighted by atomic mass is 79.9. The van der Waals surface area contributed by atoms with Gasteiger partial charge in [0.15, 0.2) is 5.78 Å². The van der Waals surface area contributed by atoms with Gasteiger partial charge < -0.3 is 10.6 Å². The molecule has 2 rings (SSSR count). The zero-order chi connectivity index (χ0) is 13.1. The molecular formula is C14H19BrN2O. The molecule has 1 atom stereocenters. The molecule has 0 radical (unpaired) electrons. The lowest BCUT2D eigenvalue weighted by atomic mass is 9.96. The summed E-state index contributed by atoms with van der Waals surface area (Å²) in [7, 11) is 2.15. The summed E-state index contributed by atoms with van der Waals surface area (Å²) in [4.78, 5) is 14.1. The molecule has 4 heteroatoms. The molecule has 1 aliphatic heterocycles. The standard InChI is InChI=1S/C14H19BrN2O/c1-17-7-5-11(9-17)12-3-2-10(8-13(12)15)14(18)4-6-16/h2-3,8,11H,4-7,9,16H2,1H3. The Morgan fingerprint density at radius 2 is 2.33 bits per heavy atom. The predicted octanol–water partition coefficient (Wildman–Crippen LogP) is 2.40. The number of benzene rings is 1. The lowest BCUT2D eigenvalue weighted by Crippen LogP contribution is -2.13. The van der Waals surface area contributed by atoms with Gasteiger partial charge in [-0.1, -0.05) is 28.1 Å². The fourth-order valence-electron chi connectivity index (χ4n) is 2.50. The van der Waals surface area contributed by atoms with Gasteiger partial charge in [0.25, 0.3) is 0 Å². The summed E-state index contributed by atoms with van der Waals surface area (Å²) in [5, 5.41) is 0. The molecule has 0 bridgehead atoms. The number of hydrogen-bond donors (Lipinski definition) is 1. The van der Waals surface area contributed by atoms with Crippen molar-refractivity contribution in [1.82, 2.24) is 4.90 Å². The van der Waals surface area contributed by atoms with Crippen LogP contribution in [0.4, 0.5) is 0 Å². The molecule has 1 heterocycles. The van der Waals surface area contributed by atoms with Crippen molar-refractivity contribution in [3.63, 3.8) is 0 Å². The Morgan fingerprint density at radius 3 is 2.89 bits per heavy atom. The number of Topliss-reactive ketones (excluding diaryl/α,β-unsaturated/α-hetero) is 1. The van der Waals surface area contributed by atoms with Crippen LogP contribution in [-0.2, 0) is 0 Å². The fraction of sp³-hybridized carbons (Fsp3) is 0.500. The quantitative estimate of drug-likeness (QED) is 0.869. The molecular weight excluding hydrogens is 292 g/mol. The number of hydrogen-bond acceptors (Lipinski definition) is 3. The molecule has 0 aromatic heterocycles. The molecule has 1 aromatic carbocycles. The second kappa shape index (κ2) is 5.95. The van der Waals surface area contributed by atoms with Crippen molar-refractivity contribution < 1.29 is 4.79 Å². The van der Waals surface area contributed by atoms with E-state index in [9.17, 15) is 4.79 Å². The first-order chi connectivity index (χ1) is 8.61. The van der Waals surface area contributed by atoms with E-state index in [4.69, 9.17) is 5.73 Å². The minimum absolute atomic E-state index is 0.119. The number of halogens is 1. The van der Waals surface area contributed by atoms with Gasteiger partial charge in [0.05, 0.1) is 0 Å². The van der Waals surface area contributed by atoms with Crippen LogP contribution >= 0.6 is 15.9 Å². The van der Waals surface area contributed by atoms with Gasteiger partial charge in [-0.3, -0.25) is 4.79 Å². The number of carbonyl (C=O) groups excluding carboxylic acids is 1. The smallest absolute Gasteiger partial charge is 0.164 e. The van der Waals surface area contributed by atoms with Gasteiger partial charge in [0.2, 0.25) is 0 Å². The van der Waals surface area contributed by atoms with E-state index in [1.165, 1.54) is 12.0 Å². The largest absolute Gasteiger partial charge is 0.330 e. The Bertz CT molecular complexity index is 447. The molecule has 0 amide bonds. The Morgan fingerprint density at radius 1 is 1.56 bits per heavy atom. The van der Waals surface area contributed by atoms with Crippen LogP contribution in [0.25, 0.3) is 0 Å². The summed E-state index contributed by atoms with van der Waals surface area (Å²) in [6.45, 7) is 2.64. The van der Waals surface area contributed by atoms with Crippen LogP contribution < -0.4 is 5.73 Å². The first-order valence-corrected chi connectivity index (χ1v) is 7.12. The van der Waals surface area contributed by atoms with E-state index in [-0.39, 0.29) is 5.78 Å². The molecule has 0 spiro atoms. The van der Waals surface area contributed by atoms with Gasteiger partial charge in [-0.05, 0) is 44.1 Å². The molecule has 1 saturated heterocycles. The monoisotopic (exact) mass is 310 g/mol. The van der Waals surface area contributed by atoms with Gasteiger partial charge in [-0.15, -0.1) is 0 Å². The van der Waals surface area contributed by atoms with Crippen molar-refractivity contribution in [2.75, 3.05) is 26.7 Å². The second-order valence-corrected chi connectivity index (χ2v) is 5.80. The Kier molecular flexibility index (Phi) is 4.54. The van der Waals surface area contributed by atoms with E-state index >= 15 is 0 Å². The Labute approximate surface area is 116 Å². The molecule has 2 N–H and O–H groups in total.